The fourth-order valence-corrected chi connectivity index (χ4v) is 2.97. The van der Waals surface area contributed by atoms with Crippen LogP contribution in [0.25, 0.3) is 10.9 Å². The highest BCUT2D eigenvalue weighted by Gasteiger charge is 2.15. The van der Waals surface area contributed by atoms with E-state index >= 15 is 0 Å². The highest BCUT2D eigenvalue weighted by atomic mass is 16.5. The molecule has 0 aliphatic heterocycles. The summed E-state index contributed by atoms with van der Waals surface area (Å²) in [5.74, 6) is 0.401. The van der Waals surface area contributed by atoms with Crippen LogP contribution in [0.4, 0.5) is 5.69 Å². The van der Waals surface area contributed by atoms with Gasteiger partial charge in [0.15, 0.2) is 0 Å². The van der Waals surface area contributed by atoms with Crippen molar-refractivity contribution >= 4 is 28.4 Å². The van der Waals surface area contributed by atoms with E-state index < -0.39 is 0 Å². The summed E-state index contributed by atoms with van der Waals surface area (Å²) < 4.78 is 5.15. The Labute approximate surface area is 164 Å². The molecule has 3 rings (SSSR count). The van der Waals surface area contributed by atoms with Crippen molar-refractivity contribution in [1.29, 1.82) is 0 Å². The number of nitrogens with zero attached hydrogens (tertiary/aromatic N) is 2. The minimum absolute atomic E-state index is 0.00525. The first kappa shape index (κ1) is 19.4. The minimum atomic E-state index is -0.247. The number of hydrogen-bond donors (Lipinski definition) is 1. The number of nitrogens with one attached hydrogen (secondary N) is 1. The quantitative estimate of drug-likeness (QED) is 0.686. The number of methoxy groups -OCH3 is 1. The Kier molecular flexibility index (Phi) is 6.22. The van der Waals surface area contributed by atoms with E-state index in [9.17, 15) is 9.59 Å². The van der Waals surface area contributed by atoms with Gasteiger partial charge in [0.25, 0.3) is 0 Å². The lowest BCUT2D eigenvalue weighted by Crippen LogP contribution is -2.38. The van der Waals surface area contributed by atoms with Crippen LogP contribution in [-0.2, 0) is 16.0 Å². The van der Waals surface area contributed by atoms with Crippen LogP contribution in [0.1, 0.15) is 12.5 Å². The zero-order chi connectivity index (χ0) is 19.9. The van der Waals surface area contributed by atoms with Crippen LogP contribution in [0.2, 0.25) is 0 Å². The van der Waals surface area contributed by atoms with Gasteiger partial charge in [-0.1, -0.05) is 30.3 Å². The van der Waals surface area contributed by atoms with E-state index in [1.165, 1.54) is 11.8 Å². The molecule has 0 unspecified atom stereocenters. The standard InChI is InChI=1S/C22H23N3O3/c1-16(26)25(14-12-17-8-10-19(28-2)11-9-17)15-21(27)24-20-7-3-5-18-6-4-13-23-22(18)20/h3-11,13H,12,14-15H2,1-2H3,(H,24,27). The maximum atomic E-state index is 12.5. The molecule has 0 atom stereocenters. The summed E-state index contributed by atoms with van der Waals surface area (Å²) in [6.07, 6.45) is 2.35. The van der Waals surface area contributed by atoms with Crippen molar-refractivity contribution in [2.24, 2.45) is 0 Å². The predicted octanol–water partition coefficient (Wildman–Crippen LogP) is 3.27. The Morgan fingerprint density at radius 1 is 1.07 bits per heavy atom. The molecule has 1 heterocycles. The van der Waals surface area contributed by atoms with Crippen LogP contribution in [0.15, 0.2) is 60.8 Å². The van der Waals surface area contributed by atoms with Gasteiger partial charge in [0.1, 0.15) is 5.75 Å². The van der Waals surface area contributed by atoms with Crippen LogP contribution in [-0.4, -0.2) is 41.9 Å². The molecule has 2 amide bonds. The van der Waals surface area contributed by atoms with Gasteiger partial charge in [-0.25, -0.2) is 0 Å². The van der Waals surface area contributed by atoms with Crippen LogP contribution in [0.5, 0.6) is 5.75 Å². The third kappa shape index (κ3) is 4.85. The second kappa shape index (κ2) is 8.99. The molecule has 0 bridgehead atoms. The lowest BCUT2D eigenvalue weighted by atomic mass is 10.1. The Morgan fingerprint density at radius 3 is 2.54 bits per heavy atom. The zero-order valence-corrected chi connectivity index (χ0v) is 16.0. The Morgan fingerprint density at radius 2 is 1.82 bits per heavy atom. The van der Waals surface area contributed by atoms with Gasteiger partial charge in [-0.2, -0.15) is 0 Å². The number of aromatic nitrogens is 1. The van der Waals surface area contributed by atoms with E-state index in [1.807, 2.05) is 54.6 Å². The first-order chi connectivity index (χ1) is 13.6. The van der Waals surface area contributed by atoms with Crippen molar-refractivity contribution in [1.82, 2.24) is 9.88 Å². The van der Waals surface area contributed by atoms with Crippen LogP contribution in [0, 0.1) is 0 Å². The fraction of sp³-hybridized carbons (Fsp3) is 0.227. The third-order valence-electron chi connectivity index (χ3n) is 4.52. The normalized spacial score (nSPS) is 10.5. The highest BCUT2D eigenvalue weighted by Crippen LogP contribution is 2.20. The molecule has 144 valence electrons. The van der Waals surface area contributed by atoms with E-state index in [0.717, 1.165) is 22.2 Å². The molecular weight excluding hydrogens is 354 g/mol. The van der Waals surface area contributed by atoms with Crippen LogP contribution >= 0.6 is 0 Å². The molecule has 0 saturated carbocycles. The third-order valence-corrected chi connectivity index (χ3v) is 4.52. The number of hydrogen-bond acceptors (Lipinski definition) is 4. The average molecular weight is 377 g/mol. The number of rotatable bonds is 7. The molecule has 0 fully saturated rings. The molecular formula is C22H23N3O3. The van der Waals surface area contributed by atoms with E-state index in [1.54, 1.807) is 13.3 Å². The van der Waals surface area contributed by atoms with E-state index in [0.29, 0.717) is 18.7 Å². The van der Waals surface area contributed by atoms with Gasteiger partial charge in [-0.3, -0.25) is 14.6 Å². The lowest BCUT2D eigenvalue weighted by Gasteiger charge is -2.21. The van der Waals surface area contributed by atoms with Gasteiger partial charge < -0.3 is 15.0 Å². The first-order valence-electron chi connectivity index (χ1n) is 9.09. The number of fused-ring (bicyclic) bond motifs is 1. The van der Waals surface area contributed by atoms with E-state index in [-0.39, 0.29) is 18.4 Å². The van der Waals surface area contributed by atoms with E-state index in [2.05, 4.69) is 10.3 Å². The number of pyridine rings is 1. The summed E-state index contributed by atoms with van der Waals surface area (Å²) in [7, 11) is 1.62. The molecule has 6 heteroatoms. The lowest BCUT2D eigenvalue weighted by molar-refractivity contribution is -0.132. The summed E-state index contributed by atoms with van der Waals surface area (Å²) >= 11 is 0. The van der Waals surface area contributed by atoms with Gasteiger partial charge >= 0.3 is 0 Å². The molecule has 0 spiro atoms. The molecule has 2 aromatic carbocycles. The maximum absolute atomic E-state index is 12.5. The SMILES string of the molecule is COc1ccc(CCN(CC(=O)Nc2cccc3cccnc23)C(C)=O)cc1. The summed E-state index contributed by atoms with van der Waals surface area (Å²) in [5.41, 5.74) is 2.44. The Bertz CT molecular complexity index is 965. The number of benzene rings is 2. The zero-order valence-electron chi connectivity index (χ0n) is 16.0. The largest absolute Gasteiger partial charge is 0.497 e. The average Bonchev–Trinajstić information content (AvgIpc) is 2.71. The monoisotopic (exact) mass is 377 g/mol. The van der Waals surface area contributed by atoms with Gasteiger partial charge in [0.05, 0.1) is 24.9 Å². The molecule has 0 saturated heterocycles. The number of para-hydroxylation sites is 1. The second-order valence-electron chi connectivity index (χ2n) is 6.47. The van der Waals surface area contributed by atoms with Crippen molar-refractivity contribution < 1.29 is 14.3 Å². The Balaban J connectivity index is 1.63. The number of carbonyl (C=O) groups excluding carboxylic acids is 2. The van der Waals surface area contributed by atoms with Crippen molar-refractivity contribution in [2.75, 3.05) is 25.5 Å². The Hall–Kier alpha value is -3.41. The predicted molar refractivity (Wildman–Crippen MR) is 109 cm³/mol. The van der Waals surface area contributed by atoms with Crippen molar-refractivity contribution in [3.63, 3.8) is 0 Å². The molecule has 6 nitrogen and oxygen atoms in total. The minimum Gasteiger partial charge on any atom is -0.497 e. The van der Waals surface area contributed by atoms with Crippen molar-refractivity contribution in [3.05, 3.63) is 66.4 Å². The molecule has 0 radical (unpaired) electrons. The summed E-state index contributed by atoms with van der Waals surface area (Å²) in [6.45, 7) is 1.93. The summed E-state index contributed by atoms with van der Waals surface area (Å²) in [6, 6.07) is 17.1. The molecule has 3 aromatic rings. The first-order valence-corrected chi connectivity index (χ1v) is 9.09. The van der Waals surface area contributed by atoms with Gasteiger partial charge in [-0.15, -0.1) is 0 Å². The smallest absolute Gasteiger partial charge is 0.244 e. The molecule has 0 aliphatic rings. The van der Waals surface area contributed by atoms with Gasteiger partial charge in [0.2, 0.25) is 11.8 Å². The highest BCUT2D eigenvalue weighted by molar-refractivity contribution is 6.01. The van der Waals surface area contributed by atoms with Crippen molar-refractivity contribution in [3.8, 4) is 5.75 Å². The van der Waals surface area contributed by atoms with Crippen LogP contribution < -0.4 is 10.1 Å². The molecule has 1 N–H and O–H groups in total. The number of ether oxygens (including phenoxy) is 1. The van der Waals surface area contributed by atoms with Crippen molar-refractivity contribution in [2.45, 2.75) is 13.3 Å². The van der Waals surface area contributed by atoms with Gasteiger partial charge in [-0.05, 0) is 36.2 Å². The number of anilines is 1. The number of amides is 2. The van der Waals surface area contributed by atoms with Crippen LogP contribution in [0.3, 0.4) is 0 Å². The van der Waals surface area contributed by atoms with E-state index in [4.69, 9.17) is 4.74 Å². The summed E-state index contributed by atoms with van der Waals surface area (Å²) in [4.78, 5) is 30.4. The second-order valence-corrected chi connectivity index (χ2v) is 6.47. The number of carbonyl (C=O) groups is 2. The van der Waals surface area contributed by atoms with Gasteiger partial charge in [0, 0.05) is 25.1 Å². The molecule has 28 heavy (non-hydrogen) atoms. The topological polar surface area (TPSA) is 71.5 Å². The summed E-state index contributed by atoms with van der Waals surface area (Å²) in [5, 5.41) is 3.82. The molecule has 0 aliphatic carbocycles. The fourth-order valence-electron chi connectivity index (χ4n) is 2.97. The molecule has 1 aromatic heterocycles. The maximum Gasteiger partial charge on any atom is 0.244 e.